The lowest BCUT2D eigenvalue weighted by Gasteiger charge is -2.62. The van der Waals surface area contributed by atoms with Crippen LogP contribution in [0.15, 0.2) is 0 Å². The molecule has 10 heteroatoms. The first kappa shape index (κ1) is 35.1. The molecule has 6 fully saturated rings. The van der Waals surface area contributed by atoms with Crippen molar-refractivity contribution < 1.29 is 48.3 Å². The Morgan fingerprint density at radius 3 is 2.32 bits per heavy atom. The lowest BCUT2D eigenvalue weighted by atomic mass is 9.41. The van der Waals surface area contributed by atoms with Gasteiger partial charge in [0.25, 0.3) is 0 Å². The third-order valence-electron chi connectivity index (χ3n) is 14.8. The number of aliphatic hydroxyl groups excluding tert-OH is 1. The maximum atomic E-state index is 14.9. The quantitative estimate of drug-likeness (QED) is 0.199. The minimum absolute atomic E-state index is 0.0550. The average molecular weight is 661 g/mol. The van der Waals surface area contributed by atoms with Crippen LogP contribution in [0.4, 0.5) is 0 Å². The van der Waals surface area contributed by atoms with E-state index in [4.69, 9.17) is 18.9 Å². The first-order chi connectivity index (χ1) is 21.8. The molecule has 264 valence electrons. The fraction of sp³-hybridized carbons (Fsp3) is 0.892. The van der Waals surface area contributed by atoms with E-state index in [1.165, 1.54) is 6.92 Å². The summed E-state index contributed by atoms with van der Waals surface area (Å²) in [5.74, 6) is 0.510. The second kappa shape index (κ2) is 11.4. The Morgan fingerprint density at radius 2 is 1.70 bits per heavy atom. The van der Waals surface area contributed by atoms with Crippen molar-refractivity contribution in [3.8, 4) is 0 Å². The summed E-state index contributed by atoms with van der Waals surface area (Å²) in [4.78, 5) is 49.6. The lowest BCUT2D eigenvalue weighted by molar-refractivity contribution is -0.225. The number of hydrogen-bond donors (Lipinski definition) is 2. The third kappa shape index (κ3) is 4.89. The van der Waals surface area contributed by atoms with Crippen molar-refractivity contribution in [1.29, 1.82) is 0 Å². The summed E-state index contributed by atoms with van der Waals surface area (Å²) in [6.45, 7) is 15.5. The highest BCUT2D eigenvalue weighted by atomic mass is 16.7. The predicted octanol–water partition coefficient (Wildman–Crippen LogP) is 4.20. The number of aldehydes is 2. The van der Waals surface area contributed by atoms with Crippen LogP contribution in [0.3, 0.4) is 0 Å². The minimum atomic E-state index is -1.32. The van der Waals surface area contributed by atoms with Crippen LogP contribution in [0.2, 0.25) is 0 Å². The van der Waals surface area contributed by atoms with Crippen molar-refractivity contribution >= 4 is 24.3 Å². The van der Waals surface area contributed by atoms with Gasteiger partial charge in [-0.25, -0.2) is 0 Å². The number of carbonyl (C=O) groups is 4. The van der Waals surface area contributed by atoms with Gasteiger partial charge < -0.3 is 34.0 Å². The number of ketones is 1. The monoisotopic (exact) mass is 660 g/mol. The number of aliphatic hydroxyl groups is 2. The Bertz CT molecular complexity index is 1290. The molecule has 1 saturated heterocycles. The normalized spacial score (nSPS) is 46.8. The number of Topliss-reactive ketones (excluding diaryl/α,β-unsaturated/α-hetero) is 1. The highest BCUT2D eigenvalue weighted by molar-refractivity contribution is 5.93. The summed E-state index contributed by atoms with van der Waals surface area (Å²) >= 11 is 0. The smallest absolute Gasteiger partial charge is 0.303 e. The Hall–Kier alpha value is -1.72. The van der Waals surface area contributed by atoms with Crippen LogP contribution in [0.5, 0.6) is 0 Å². The van der Waals surface area contributed by atoms with Crippen LogP contribution in [0, 0.1) is 50.7 Å². The first-order valence-electron chi connectivity index (χ1n) is 17.8. The van der Waals surface area contributed by atoms with Gasteiger partial charge in [0.2, 0.25) is 6.29 Å². The molecule has 1 aliphatic heterocycles. The van der Waals surface area contributed by atoms with Gasteiger partial charge in [0, 0.05) is 18.3 Å². The molecular weight excluding hydrogens is 604 g/mol. The molecule has 0 bridgehead atoms. The minimum Gasteiger partial charge on any atom is -0.457 e. The van der Waals surface area contributed by atoms with E-state index in [9.17, 15) is 29.4 Å². The molecule has 0 aromatic carbocycles. The predicted molar refractivity (Wildman–Crippen MR) is 170 cm³/mol. The van der Waals surface area contributed by atoms with Crippen molar-refractivity contribution in [2.45, 2.75) is 149 Å². The van der Waals surface area contributed by atoms with Crippen molar-refractivity contribution in [2.75, 3.05) is 6.61 Å². The van der Waals surface area contributed by atoms with Gasteiger partial charge in [0.15, 0.2) is 24.5 Å². The fourth-order valence-corrected chi connectivity index (χ4v) is 12.8. The summed E-state index contributed by atoms with van der Waals surface area (Å²) in [6.07, 6.45) is 3.65. The molecule has 0 aromatic heterocycles. The largest absolute Gasteiger partial charge is 0.457 e. The van der Waals surface area contributed by atoms with E-state index in [0.29, 0.717) is 24.9 Å². The van der Waals surface area contributed by atoms with Gasteiger partial charge in [0.1, 0.15) is 12.2 Å². The molecule has 5 saturated carbocycles. The van der Waals surface area contributed by atoms with Gasteiger partial charge in [-0.1, -0.05) is 34.6 Å². The molecule has 10 nitrogen and oxygen atoms in total. The first-order valence-corrected chi connectivity index (χ1v) is 17.8. The Labute approximate surface area is 279 Å². The van der Waals surface area contributed by atoms with E-state index in [0.717, 1.165) is 44.9 Å². The van der Waals surface area contributed by atoms with Crippen molar-refractivity contribution in [3.63, 3.8) is 0 Å². The van der Waals surface area contributed by atoms with Crippen LogP contribution in [0.1, 0.15) is 107 Å². The molecule has 2 spiro atoms. The summed E-state index contributed by atoms with van der Waals surface area (Å²) in [5.41, 5.74) is -2.17. The SMILES string of the molecule is CC(=O)O[C@@H]([C@H]1C[C@@H](C)[C@@H]2[C@H](O1)C(=O)[C@@]1(C)[C@@H]3CC[C@H]4C(C)(C)[C@@H](O[C@@H](C=O)OC[C@@H](O)C=O)CC[C@@]45C[C@@]35CC[C@]21C)C(C)(C)O. The molecule has 14 atom stereocenters. The molecule has 6 aliphatic rings. The van der Waals surface area contributed by atoms with E-state index in [1.807, 2.05) is 0 Å². The standard InChI is InChI=1S/C37H56O10/c1-20-15-23(31(33(5,6)43)45-21(2)40)46-29-28(20)34(7)13-14-37-19-36(37)12-11-26(47-27(17-39)44-18-22(41)16-38)32(3,4)24(36)9-10-25(37)35(34,8)30(29)42/h16-17,20,22-29,31,41,43H,9-15,18-19H2,1-8H3/t20-,22+,23-,24+,25+,26+,27+,28-,29+,31+,34-,35-,36-,37+/m1/s1. The summed E-state index contributed by atoms with van der Waals surface area (Å²) < 4.78 is 24.0. The molecule has 0 amide bonds. The Morgan fingerprint density at radius 1 is 1.04 bits per heavy atom. The Balaban J connectivity index is 1.25. The molecule has 5 aliphatic carbocycles. The number of esters is 1. The molecule has 6 rings (SSSR count). The van der Waals surface area contributed by atoms with Crippen LogP contribution >= 0.6 is 0 Å². The summed E-state index contributed by atoms with van der Waals surface area (Å²) in [7, 11) is 0. The van der Waals surface area contributed by atoms with Crippen LogP contribution in [-0.2, 0) is 38.1 Å². The number of fused-ring (bicyclic) bond motifs is 4. The topological polar surface area (TPSA) is 146 Å². The highest BCUT2D eigenvalue weighted by Crippen LogP contribution is 2.89. The Kier molecular flexibility index (Phi) is 8.52. The van der Waals surface area contributed by atoms with Gasteiger partial charge in [-0.15, -0.1) is 0 Å². The summed E-state index contributed by atoms with van der Waals surface area (Å²) in [6, 6.07) is 0. The second-order valence-corrected chi connectivity index (χ2v) is 17.7. The fourth-order valence-electron chi connectivity index (χ4n) is 12.8. The van der Waals surface area contributed by atoms with Crippen molar-refractivity contribution in [1.82, 2.24) is 0 Å². The van der Waals surface area contributed by atoms with E-state index < -0.39 is 47.7 Å². The molecule has 47 heavy (non-hydrogen) atoms. The van der Waals surface area contributed by atoms with Gasteiger partial charge >= 0.3 is 5.97 Å². The number of ether oxygens (including phenoxy) is 4. The third-order valence-corrected chi connectivity index (χ3v) is 14.8. The molecular formula is C37H56O10. The summed E-state index contributed by atoms with van der Waals surface area (Å²) in [5, 5.41) is 20.6. The number of hydrogen-bond acceptors (Lipinski definition) is 10. The van der Waals surface area contributed by atoms with E-state index in [-0.39, 0.29) is 57.9 Å². The van der Waals surface area contributed by atoms with Gasteiger partial charge in [-0.05, 0) is 105 Å². The van der Waals surface area contributed by atoms with Crippen LogP contribution in [0.25, 0.3) is 0 Å². The van der Waals surface area contributed by atoms with Gasteiger partial charge in [-0.2, -0.15) is 0 Å². The van der Waals surface area contributed by atoms with Gasteiger partial charge in [0.05, 0.1) is 24.4 Å². The molecule has 2 N–H and O–H groups in total. The maximum Gasteiger partial charge on any atom is 0.303 e. The van der Waals surface area contributed by atoms with Crippen molar-refractivity contribution in [2.24, 2.45) is 50.7 Å². The lowest BCUT2D eigenvalue weighted by Crippen LogP contribution is -2.59. The van der Waals surface area contributed by atoms with E-state index >= 15 is 0 Å². The molecule has 0 unspecified atom stereocenters. The van der Waals surface area contributed by atoms with Crippen LogP contribution in [-0.4, -0.2) is 83.6 Å². The molecule has 0 aromatic rings. The number of rotatable bonds is 10. The molecule has 0 radical (unpaired) electrons. The highest BCUT2D eigenvalue weighted by Gasteiger charge is 2.85. The second-order valence-electron chi connectivity index (χ2n) is 17.7. The zero-order valence-corrected chi connectivity index (χ0v) is 29.5. The molecule has 1 heterocycles. The zero-order valence-electron chi connectivity index (χ0n) is 29.5. The average Bonchev–Trinajstić information content (AvgIpc) is 3.62. The van der Waals surface area contributed by atoms with Crippen molar-refractivity contribution in [3.05, 3.63) is 0 Å². The van der Waals surface area contributed by atoms with Gasteiger partial charge in [-0.3, -0.25) is 14.4 Å². The van der Waals surface area contributed by atoms with E-state index in [1.54, 1.807) is 13.8 Å². The zero-order chi connectivity index (χ0) is 34.5. The number of carbonyl (C=O) groups excluding carboxylic acids is 4. The van der Waals surface area contributed by atoms with Crippen LogP contribution < -0.4 is 0 Å². The van der Waals surface area contributed by atoms with E-state index in [2.05, 4.69) is 34.6 Å². The maximum absolute atomic E-state index is 14.9.